The van der Waals surface area contributed by atoms with E-state index in [0.717, 1.165) is 6.07 Å². The van der Waals surface area contributed by atoms with Crippen LogP contribution in [0.1, 0.15) is 26.3 Å². The zero-order valence-electron chi connectivity index (χ0n) is 13.7. The van der Waals surface area contributed by atoms with E-state index >= 15 is 0 Å². The first-order valence-corrected chi connectivity index (χ1v) is 9.99. The lowest BCUT2D eigenvalue weighted by molar-refractivity contribution is -0.137. The number of rotatable bonds is 5. The average molecular weight is 335 g/mol. The Bertz CT molecular complexity index is 510. The number of nitrogens with two attached hydrogens (primary N) is 1. The molecule has 0 unspecified atom stereocenters. The monoisotopic (exact) mass is 335 g/mol. The van der Waals surface area contributed by atoms with Gasteiger partial charge in [0.05, 0.1) is 12.2 Å². The van der Waals surface area contributed by atoms with Crippen LogP contribution in [0.4, 0.5) is 18.9 Å². The highest BCUT2D eigenvalue weighted by Crippen LogP contribution is 2.37. The molecule has 2 N–H and O–H groups in total. The third-order valence-corrected chi connectivity index (χ3v) is 8.49. The molecule has 0 radical (unpaired) electrons. The van der Waals surface area contributed by atoms with Gasteiger partial charge in [-0.1, -0.05) is 20.8 Å². The highest BCUT2D eigenvalue weighted by Gasteiger charge is 2.37. The van der Waals surface area contributed by atoms with Crippen LogP contribution in [0.15, 0.2) is 18.2 Å². The van der Waals surface area contributed by atoms with Crippen molar-refractivity contribution in [3.8, 4) is 5.75 Å². The summed E-state index contributed by atoms with van der Waals surface area (Å²) in [6, 6.07) is 3.55. The molecule has 22 heavy (non-hydrogen) atoms. The second-order valence-electron chi connectivity index (χ2n) is 6.70. The maximum absolute atomic E-state index is 12.7. The number of anilines is 1. The normalized spacial score (nSPS) is 13.3. The topological polar surface area (TPSA) is 44.5 Å². The van der Waals surface area contributed by atoms with E-state index in [1.54, 1.807) is 0 Å². The van der Waals surface area contributed by atoms with Crippen LogP contribution in [0.25, 0.3) is 0 Å². The number of nitrogen functional groups attached to an aromatic ring is 1. The summed E-state index contributed by atoms with van der Waals surface area (Å²) in [7, 11) is -1.87. The van der Waals surface area contributed by atoms with E-state index in [1.165, 1.54) is 12.1 Å². The molecule has 0 atom stereocenters. The van der Waals surface area contributed by atoms with Crippen LogP contribution in [0.5, 0.6) is 5.75 Å². The SMILES string of the molecule is CC(C)(C)[Si](C)(C)OCCOc1ccc(N)c(C(F)(F)F)c1. The fourth-order valence-electron chi connectivity index (χ4n) is 1.54. The van der Waals surface area contributed by atoms with Gasteiger partial charge in [-0.2, -0.15) is 13.2 Å². The van der Waals surface area contributed by atoms with Gasteiger partial charge >= 0.3 is 6.18 Å². The molecule has 0 bridgehead atoms. The number of ether oxygens (including phenoxy) is 1. The summed E-state index contributed by atoms with van der Waals surface area (Å²) >= 11 is 0. The van der Waals surface area contributed by atoms with Crippen LogP contribution in [0.2, 0.25) is 18.1 Å². The van der Waals surface area contributed by atoms with E-state index in [4.69, 9.17) is 14.9 Å². The maximum Gasteiger partial charge on any atom is 0.418 e. The minimum Gasteiger partial charge on any atom is -0.491 e. The fourth-order valence-corrected chi connectivity index (χ4v) is 2.57. The zero-order chi connectivity index (χ0) is 17.2. The minimum atomic E-state index is -4.49. The van der Waals surface area contributed by atoms with Gasteiger partial charge in [-0.3, -0.25) is 0 Å². The largest absolute Gasteiger partial charge is 0.491 e. The summed E-state index contributed by atoms with van der Waals surface area (Å²) in [4.78, 5) is 0. The second kappa shape index (κ2) is 6.50. The van der Waals surface area contributed by atoms with Crippen LogP contribution in [0.3, 0.4) is 0 Å². The molecule has 126 valence electrons. The zero-order valence-corrected chi connectivity index (χ0v) is 14.7. The molecule has 3 nitrogen and oxygen atoms in total. The van der Waals surface area contributed by atoms with Crippen LogP contribution >= 0.6 is 0 Å². The molecule has 7 heteroatoms. The Morgan fingerprint density at radius 1 is 1.09 bits per heavy atom. The molecule has 0 aliphatic rings. The van der Waals surface area contributed by atoms with Crippen molar-refractivity contribution in [1.82, 2.24) is 0 Å². The van der Waals surface area contributed by atoms with Gasteiger partial charge in [0.15, 0.2) is 8.32 Å². The number of halogens is 3. The molecule has 0 spiro atoms. The van der Waals surface area contributed by atoms with Gasteiger partial charge in [-0.25, -0.2) is 0 Å². The highest BCUT2D eigenvalue weighted by atomic mass is 28.4. The molecular weight excluding hydrogens is 311 g/mol. The minimum absolute atomic E-state index is 0.0810. The molecule has 0 fully saturated rings. The lowest BCUT2D eigenvalue weighted by Crippen LogP contribution is -2.41. The van der Waals surface area contributed by atoms with E-state index in [2.05, 4.69) is 33.9 Å². The predicted octanol–water partition coefficient (Wildman–Crippen LogP) is 4.69. The van der Waals surface area contributed by atoms with Crippen LogP contribution < -0.4 is 10.5 Å². The molecule has 0 aromatic heterocycles. The van der Waals surface area contributed by atoms with Crippen molar-refractivity contribution in [2.75, 3.05) is 18.9 Å². The molecule has 0 heterocycles. The lowest BCUT2D eigenvalue weighted by atomic mass is 10.1. The first-order chi connectivity index (χ1) is 9.84. The molecule has 0 aliphatic heterocycles. The second-order valence-corrected chi connectivity index (χ2v) is 11.5. The van der Waals surface area contributed by atoms with Crippen LogP contribution in [0, 0.1) is 0 Å². The molecule has 0 saturated heterocycles. The third-order valence-electron chi connectivity index (χ3n) is 3.95. The van der Waals surface area contributed by atoms with Gasteiger partial charge in [0.2, 0.25) is 0 Å². The molecule has 0 amide bonds. The molecule has 0 aliphatic carbocycles. The molecule has 0 saturated carbocycles. The van der Waals surface area contributed by atoms with Crippen molar-refractivity contribution in [3.05, 3.63) is 23.8 Å². The van der Waals surface area contributed by atoms with Gasteiger partial charge in [-0.15, -0.1) is 0 Å². The van der Waals surface area contributed by atoms with Crippen molar-refractivity contribution in [1.29, 1.82) is 0 Å². The highest BCUT2D eigenvalue weighted by molar-refractivity contribution is 6.74. The lowest BCUT2D eigenvalue weighted by Gasteiger charge is -2.36. The van der Waals surface area contributed by atoms with Crippen molar-refractivity contribution >= 4 is 14.0 Å². The smallest absolute Gasteiger partial charge is 0.418 e. The summed E-state index contributed by atoms with van der Waals surface area (Å²) in [6.07, 6.45) is -4.49. The summed E-state index contributed by atoms with van der Waals surface area (Å²) in [5, 5.41) is 0.0810. The molecule has 1 aromatic rings. The number of alkyl halides is 3. The number of hydrogen-bond acceptors (Lipinski definition) is 3. The molecular formula is C15H24F3NO2Si. The van der Waals surface area contributed by atoms with Crippen molar-refractivity contribution in [2.45, 2.75) is 45.1 Å². The van der Waals surface area contributed by atoms with Crippen LogP contribution in [-0.4, -0.2) is 21.5 Å². The van der Waals surface area contributed by atoms with Gasteiger partial charge in [0.1, 0.15) is 12.4 Å². The number of hydrogen-bond donors (Lipinski definition) is 1. The summed E-state index contributed by atoms with van der Waals surface area (Å²) in [5.41, 5.74) is 4.15. The van der Waals surface area contributed by atoms with Gasteiger partial charge in [0.25, 0.3) is 0 Å². The maximum atomic E-state index is 12.7. The average Bonchev–Trinajstić information content (AvgIpc) is 2.33. The fraction of sp³-hybridized carbons (Fsp3) is 0.600. The molecule has 1 aromatic carbocycles. The van der Waals surface area contributed by atoms with E-state index in [-0.39, 0.29) is 23.1 Å². The van der Waals surface area contributed by atoms with Crippen molar-refractivity contribution in [2.24, 2.45) is 0 Å². The van der Waals surface area contributed by atoms with Crippen molar-refractivity contribution in [3.63, 3.8) is 0 Å². The molecule has 1 rings (SSSR count). The quantitative estimate of drug-likeness (QED) is 0.482. The van der Waals surface area contributed by atoms with E-state index in [9.17, 15) is 13.2 Å². The van der Waals surface area contributed by atoms with Crippen LogP contribution in [-0.2, 0) is 10.6 Å². The van der Waals surface area contributed by atoms with Gasteiger partial charge in [0, 0.05) is 5.69 Å². The van der Waals surface area contributed by atoms with E-state index < -0.39 is 20.1 Å². The summed E-state index contributed by atoms with van der Waals surface area (Å²) in [5.74, 6) is 0.139. The Morgan fingerprint density at radius 2 is 1.68 bits per heavy atom. The Hall–Kier alpha value is -1.21. The van der Waals surface area contributed by atoms with Gasteiger partial charge < -0.3 is 14.9 Å². The van der Waals surface area contributed by atoms with Gasteiger partial charge in [-0.05, 0) is 36.3 Å². The number of benzene rings is 1. The van der Waals surface area contributed by atoms with E-state index in [1.807, 2.05) is 0 Å². The summed E-state index contributed by atoms with van der Waals surface area (Å²) in [6.45, 7) is 11.1. The first-order valence-electron chi connectivity index (χ1n) is 7.08. The Balaban J connectivity index is 2.60. The Labute approximate surface area is 130 Å². The summed E-state index contributed by atoms with van der Waals surface area (Å²) < 4.78 is 49.5. The van der Waals surface area contributed by atoms with Crippen molar-refractivity contribution < 1.29 is 22.3 Å². The van der Waals surface area contributed by atoms with E-state index in [0.29, 0.717) is 6.61 Å². The Kier molecular flexibility index (Phi) is 5.56. The third kappa shape index (κ3) is 4.91. The Morgan fingerprint density at radius 3 is 2.18 bits per heavy atom. The predicted molar refractivity (Wildman–Crippen MR) is 84.5 cm³/mol. The standard InChI is InChI=1S/C15H24F3NO2Si/c1-14(2,3)22(4,5)21-9-8-20-11-6-7-13(19)12(10-11)15(16,17)18/h6-7,10H,8-9,19H2,1-5H3. The first kappa shape index (κ1) is 18.8.